The van der Waals surface area contributed by atoms with Crippen LogP contribution in [-0.4, -0.2) is 29.3 Å². The van der Waals surface area contributed by atoms with Crippen molar-refractivity contribution in [2.24, 2.45) is 7.05 Å². The summed E-state index contributed by atoms with van der Waals surface area (Å²) in [4.78, 5) is 13.9. The molecule has 5 heteroatoms. The van der Waals surface area contributed by atoms with Crippen LogP contribution in [0.5, 0.6) is 5.88 Å². The van der Waals surface area contributed by atoms with Gasteiger partial charge in [0.05, 0.1) is 5.69 Å². The van der Waals surface area contributed by atoms with Crippen LogP contribution in [0.4, 0.5) is 5.69 Å². The van der Waals surface area contributed by atoms with Crippen LogP contribution in [0.2, 0.25) is 0 Å². The Hall–Kier alpha value is -3.08. The quantitative estimate of drug-likeness (QED) is 0.725. The summed E-state index contributed by atoms with van der Waals surface area (Å²) < 4.78 is 7.29. The number of carbonyl (C=O) groups is 1. The van der Waals surface area contributed by atoms with Gasteiger partial charge in [0.1, 0.15) is 0 Å². The number of hydrogen-bond donors (Lipinski definition) is 0. The van der Waals surface area contributed by atoms with Crippen LogP contribution >= 0.6 is 0 Å². The van der Waals surface area contributed by atoms with E-state index in [0.717, 1.165) is 16.9 Å². The molecular formula is C19H19N3O2. The molecule has 0 aliphatic rings. The van der Waals surface area contributed by atoms with E-state index >= 15 is 0 Å². The molecule has 0 atom stereocenters. The van der Waals surface area contributed by atoms with Crippen LogP contribution in [0.1, 0.15) is 0 Å². The average molecular weight is 321 g/mol. The summed E-state index contributed by atoms with van der Waals surface area (Å²) >= 11 is 0. The molecule has 3 rings (SSSR count). The van der Waals surface area contributed by atoms with Crippen molar-refractivity contribution in [1.29, 1.82) is 0 Å². The minimum absolute atomic E-state index is 0.0425. The van der Waals surface area contributed by atoms with Crippen molar-refractivity contribution in [3.05, 3.63) is 66.7 Å². The maximum atomic E-state index is 12.3. The number of amides is 1. The molecule has 122 valence electrons. The van der Waals surface area contributed by atoms with Crippen LogP contribution in [-0.2, 0) is 11.8 Å². The Morgan fingerprint density at radius 2 is 1.71 bits per heavy atom. The van der Waals surface area contributed by atoms with Gasteiger partial charge < -0.3 is 9.64 Å². The number of para-hydroxylation sites is 1. The normalized spacial score (nSPS) is 10.4. The van der Waals surface area contributed by atoms with Gasteiger partial charge in [-0.25, -0.2) is 4.68 Å². The van der Waals surface area contributed by atoms with Crippen molar-refractivity contribution in [2.75, 3.05) is 18.6 Å². The van der Waals surface area contributed by atoms with E-state index in [1.165, 1.54) is 0 Å². The van der Waals surface area contributed by atoms with Crippen molar-refractivity contribution in [2.45, 2.75) is 0 Å². The Morgan fingerprint density at radius 3 is 2.38 bits per heavy atom. The van der Waals surface area contributed by atoms with Gasteiger partial charge in [-0.15, -0.1) is 0 Å². The highest BCUT2D eigenvalue weighted by atomic mass is 16.5. The van der Waals surface area contributed by atoms with Gasteiger partial charge in [0.25, 0.3) is 5.91 Å². The van der Waals surface area contributed by atoms with E-state index in [1.54, 1.807) is 23.7 Å². The summed E-state index contributed by atoms with van der Waals surface area (Å²) in [5.74, 6) is 0.437. The minimum Gasteiger partial charge on any atom is -0.468 e. The number of hydrogen-bond acceptors (Lipinski definition) is 3. The first-order valence-corrected chi connectivity index (χ1v) is 7.69. The number of aryl methyl sites for hydroxylation is 1. The third-order valence-corrected chi connectivity index (χ3v) is 3.77. The van der Waals surface area contributed by atoms with Gasteiger partial charge in [-0.1, -0.05) is 48.5 Å². The fraction of sp³-hybridized carbons (Fsp3) is 0.158. The number of aromatic nitrogens is 2. The zero-order valence-corrected chi connectivity index (χ0v) is 13.7. The largest absolute Gasteiger partial charge is 0.468 e. The second-order valence-electron chi connectivity index (χ2n) is 5.43. The highest BCUT2D eigenvalue weighted by molar-refractivity contribution is 5.93. The molecule has 0 N–H and O–H groups in total. The lowest BCUT2D eigenvalue weighted by atomic mass is 10.2. The number of ether oxygens (including phenoxy) is 1. The number of benzene rings is 2. The first kappa shape index (κ1) is 15.8. The maximum Gasteiger partial charge on any atom is 0.264 e. The summed E-state index contributed by atoms with van der Waals surface area (Å²) in [6, 6.07) is 21.2. The molecule has 0 saturated carbocycles. The summed E-state index contributed by atoms with van der Waals surface area (Å²) in [5.41, 5.74) is 2.66. The molecule has 0 radical (unpaired) electrons. The highest BCUT2D eigenvalue weighted by Crippen LogP contribution is 2.22. The van der Waals surface area contributed by atoms with Gasteiger partial charge in [-0.2, -0.15) is 5.10 Å². The number of likely N-dealkylation sites (N-methyl/N-ethyl adjacent to an activating group) is 1. The third kappa shape index (κ3) is 3.46. The molecule has 1 aromatic heterocycles. The van der Waals surface area contributed by atoms with Gasteiger partial charge in [0, 0.05) is 31.4 Å². The van der Waals surface area contributed by atoms with E-state index in [-0.39, 0.29) is 12.5 Å². The number of rotatable bonds is 5. The first-order valence-electron chi connectivity index (χ1n) is 7.69. The Morgan fingerprint density at radius 1 is 1.08 bits per heavy atom. The fourth-order valence-corrected chi connectivity index (χ4v) is 2.36. The predicted molar refractivity (Wildman–Crippen MR) is 94.0 cm³/mol. The molecule has 0 aliphatic carbocycles. The Bertz CT molecular complexity index is 813. The molecule has 0 aliphatic heterocycles. The maximum absolute atomic E-state index is 12.3. The Labute approximate surface area is 141 Å². The lowest BCUT2D eigenvalue weighted by Crippen LogP contribution is -2.31. The summed E-state index contributed by atoms with van der Waals surface area (Å²) in [6.45, 7) is -0.0425. The van der Waals surface area contributed by atoms with Gasteiger partial charge >= 0.3 is 0 Å². The summed E-state index contributed by atoms with van der Waals surface area (Å²) in [5, 5.41) is 4.43. The zero-order chi connectivity index (χ0) is 16.9. The van der Waals surface area contributed by atoms with Crippen molar-refractivity contribution in [1.82, 2.24) is 9.78 Å². The van der Waals surface area contributed by atoms with Crippen LogP contribution < -0.4 is 9.64 Å². The van der Waals surface area contributed by atoms with Crippen molar-refractivity contribution in [3.63, 3.8) is 0 Å². The van der Waals surface area contributed by atoms with Crippen molar-refractivity contribution in [3.8, 4) is 17.1 Å². The van der Waals surface area contributed by atoms with E-state index in [9.17, 15) is 4.79 Å². The van der Waals surface area contributed by atoms with Crippen LogP contribution in [0, 0.1) is 0 Å². The van der Waals surface area contributed by atoms with Gasteiger partial charge in [-0.3, -0.25) is 4.79 Å². The second-order valence-corrected chi connectivity index (χ2v) is 5.43. The molecular weight excluding hydrogens is 302 g/mol. The lowest BCUT2D eigenvalue weighted by molar-refractivity contribution is -0.120. The topological polar surface area (TPSA) is 47.4 Å². The SMILES string of the molecule is CN(C(=O)COc1cc(-c2ccccc2)nn1C)c1ccccc1. The van der Waals surface area contributed by atoms with Crippen LogP contribution in [0.3, 0.4) is 0 Å². The third-order valence-electron chi connectivity index (χ3n) is 3.77. The molecule has 0 unspecified atom stereocenters. The Kier molecular flexibility index (Phi) is 4.61. The lowest BCUT2D eigenvalue weighted by Gasteiger charge is -2.17. The Balaban J connectivity index is 1.67. The van der Waals surface area contributed by atoms with E-state index in [0.29, 0.717) is 5.88 Å². The van der Waals surface area contributed by atoms with E-state index in [2.05, 4.69) is 5.10 Å². The van der Waals surface area contributed by atoms with E-state index < -0.39 is 0 Å². The first-order chi connectivity index (χ1) is 11.6. The predicted octanol–water partition coefficient (Wildman–Crippen LogP) is 3.13. The molecule has 1 heterocycles. The standard InChI is InChI=1S/C19H19N3O2/c1-21(16-11-7-4-8-12-16)18(23)14-24-19-13-17(20-22(19)2)15-9-5-3-6-10-15/h3-13H,14H2,1-2H3. The minimum atomic E-state index is -0.122. The van der Waals surface area contributed by atoms with Gasteiger partial charge in [-0.05, 0) is 12.1 Å². The fourth-order valence-electron chi connectivity index (χ4n) is 2.36. The second kappa shape index (κ2) is 7.00. The summed E-state index contributed by atoms with van der Waals surface area (Å²) in [7, 11) is 3.53. The van der Waals surface area contributed by atoms with E-state index in [1.807, 2.05) is 66.7 Å². The van der Waals surface area contributed by atoms with Crippen molar-refractivity contribution >= 4 is 11.6 Å². The van der Waals surface area contributed by atoms with Crippen LogP contribution in [0.15, 0.2) is 66.7 Å². The summed E-state index contributed by atoms with van der Waals surface area (Å²) in [6.07, 6.45) is 0. The average Bonchev–Trinajstić information content (AvgIpc) is 3.01. The van der Waals surface area contributed by atoms with Crippen LogP contribution in [0.25, 0.3) is 11.3 Å². The van der Waals surface area contributed by atoms with Crippen molar-refractivity contribution < 1.29 is 9.53 Å². The molecule has 0 spiro atoms. The zero-order valence-electron chi connectivity index (χ0n) is 13.7. The van der Waals surface area contributed by atoms with Gasteiger partial charge in [0.2, 0.25) is 5.88 Å². The monoisotopic (exact) mass is 321 g/mol. The van der Waals surface area contributed by atoms with Gasteiger partial charge in [0.15, 0.2) is 6.61 Å². The molecule has 5 nitrogen and oxygen atoms in total. The molecule has 24 heavy (non-hydrogen) atoms. The molecule has 0 saturated heterocycles. The molecule has 2 aromatic carbocycles. The number of carbonyl (C=O) groups excluding carboxylic acids is 1. The number of anilines is 1. The van der Waals surface area contributed by atoms with E-state index in [4.69, 9.17) is 4.74 Å². The molecule has 0 bridgehead atoms. The molecule has 1 amide bonds. The smallest absolute Gasteiger partial charge is 0.264 e. The molecule has 3 aromatic rings. The number of nitrogens with zero attached hydrogens (tertiary/aromatic N) is 3. The highest BCUT2D eigenvalue weighted by Gasteiger charge is 2.14. The molecule has 0 fully saturated rings.